The van der Waals surface area contributed by atoms with E-state index in [9.17, 15) is 0 Å². The zero-order valence-corrected chi connectivity index (χ0v) is 40.3. The summed E-state index contributed by atoms with van der Waals surface area (Å²) < 4.78 is 7.30. The first kappa shape index (κ1) is 41.5. The fourth-order valence-corrected chi connectivity index (χ4v) is 13.0. The number of benzene rings is 8. The molecule has 0 saturated carbocycles. The maximum absolute atomic E-state index is 7.30. The summed E-state index contributed by atoms with van der Waals surface area (Å²) in [5.74, 6) is 0. The molecule has 0 bridgehead atoms. The van der Waals surface area contributed by atoms with Crippen LogP contribution in [-0.2, 0) is 10.8 Å². The molecule has 5 aliphatic rings. The molecule has 1 spiro atoms. The van der Waals surface area contributed by atoms with Crippen molar-refractivity contribution >= 4 is 39.0 Å². The molecule has 0 N–H and O–H groups in total. The minimum Gasteiger partial charge on any atom is -0.455 e. The van der Waals surface area contributed by atoms with Gasteiger partial charge in [0.2, 0.25) is 0 Å². The third-order valence-electron chi connectivity index (χ3n) is 16.0. The van der Waals surface area contributed by atoms with Gasteiger partial charge >= 0.3 is 0 Å². The van der Waals surface area contributed by atoms with Gasteiger partial charge in [-0.25, -0.2) is 0 Å². The summed E-state index contributed by atoms with van der Waals surface area (Å²) in [5, 5.41) is 2.30. The van der Waals surface area contributed by atoms with Gasteiger partial charge in [0, 0.05) is 49.8 Å². The lowest BCUT2D eigenvalue weighted by atomic mass is 9.68. The molecule has 5 aliphatic carbocycles. The number of furan rings is 1. The Kier molecular flexibility index (Phi) is 9.12. The third kappa shape index (κ3) is 5.72. The lowest BCUT2D eigenvalue weighted by Crippen LogP contribution is -2.27. The number of rotatable bonds is 5. The molecule has 0 amide bonds. The van der Waals surface area contributed by atoms with E-state index >= 15 is 0 Å². The summed E-state index contributed by atoms with van der Waals surface area (Å²) in [6.07, 6.45) is 11.9. The van der Waals surface area contributed by atoms with E-state index in [4.69, 9.17) is 4.42 Å². The highest BCUT2D eigenvalue weighted by molar-refractivity contribution is 6.15. The normalized spacial score (nSPS) is 18.2. The highest BCUT2D eigenvalue weighted by Crippen LogP contribution is 2.67. The molecule has 0 radical (unpaired) electrons. The largest absolute Gasteiger partial charge is 0.455 e. The van der Waals surface area contributed by atoms with Crippen molar-refractivity contribution in [3.63, 3.8) is 0 Å². The number of hydrogen-bond acceptors (Lipinski definition) is 2. The summed E-state index contributed by atoms with van der Waals surface area (Å²) >= 11 is 0. The van der Waals surface area contributed by atoms with E-state index in [1.54, 1.807) is 5.57 Å². The third-order valence-corrected chi connectivity index (χ3v) is 16.0. The smallest absolute Gasteiger partial charge is 0.143 e. The molecule has 1 heterocycles. The molecule has 69 heavy (non-hydrogen) atoms. The second kappa shape index (κ2) is 15.2. The average molecular weight is 890 g/mol. The van der Waals surface area contributed by atoms with Crippen LogP contribution in [0.3, 0.4) is 0 Å². The lowest BCUT2D eigenvalue weighted by molar-refractivity contribution is 0.590. The molecule has 334 valence electrons. The predicted molar refractivity (Wildman–Crippen MR) is 290 cm³/mol. The standard InChI is InChI=1S/C65H49NO.C2H6/c1-63(2)38-37-57-60(63)52-19-10-13-24-55(52)65(57)54-23-12-9-18-51(54)59-56(65)36-35-50-49-21-14-20-46(61(49)67-62(50)59)42-27-31-44(32-28-42)66(43-29-25-41(26-30-43)40-15-6-5-7-16-40)45-33-34-48-47-17-8-11-22-53(47)64(3,4)58(48)39-45;1-2/h5-9,11-18,20-39H,10,19H2,1-4H3;1-2H3. The second-order valence-corrected chi connectivity index (χ2v) is 20.3. The van der Waals surface area contributed by atoms with E-state index in [0.717, 1.165) is 63.0 Å². The molecule has 0 saturated heterocycles. The van der Waals surface area contributed by atoms with Crippen LogP contribution in [0, 0.1) is 5.41 Å². The first-order chi connectivity index (χ1) is 33.7. The number of hydrogen-bond donors (Lipinski definition) is 0. The van der Waals surface area contributed by atoms with E-state index < -0.39 is 0 Å². The van der Waals surface area contributed by atoms with Gasteiger partial charge < -0.3 is 9.32 Å². The molecule has 0 fully saturated rings. The van der Waals surface area contributed by atoms with Crippen LogP contribution in [0.15, 0.2) is 227 Å². The molecule has 8 aromatic carbocycles. The van der Waals surface area contributed by atoms with Crippen molar-refractivity contribution in [1.82, 2.24) is 0 Å². The molecule has 2 heteroatoms. The van der Waals surface area contributed by atoms with Crippen molar-refractivity contribution in [3.8, 4) is 44.5 Å². The van der Waals surface area contributed by atoms with Crippen LogP contribution in [-0.4, -0.2) is 0 Å². The number of allylic oxidation sites excluding steroid dienone is 8. The Morgan fingerprint density at radius 3 is 1.86 bits per heavy atom. The van der Waals surface area contributed by atoms with Gasteiger partial charge in [-0.05, 0) is 127 Å². The molecule has 0 aliphatic heterocycles. The molecule has 2 nitrogen and oxygen atoms in total. The summed E-state index contributed by atoms with van der Waals surface area (Å²) in [4.78, 5) is 2.41. The van der Waals surface area contributed by atoms with Crippen molar-refractivity contribution in [3.05, 3.63) is 245 Å². The Labute approximate surface area is 406 Å². The molecule has 1 atom stereocenters. The molecular weight excluding hydrogens is 835 g/mol. The minimum absolute atomic E-state index is 0.00906. The maximum Gasteiger partial charge on any atom is 0.143 e. The lowest BCUT2D eigenvalue weighted by Gasteiger charge is -2.33. The molecule has 9 aromatic rings. The van der Waals surface area contributed by atoms with Gasteiger partial charge in [0.25, 0.3) is 0 Å². The fourth-order valence-electron chi connectivity index (χ4n) is 13.0. The second-order valence-electron chi connectivity index (χ2n) is 20.3. The highest BCUT2D eigenvalue weighted by atomic mass is 16.3. The van der Waals surface area contributed by atoms with Gasteiger partial charge in [0.15, 0.2) is 0 Å². The van der Waals surface area contributed by atoms with E-state index in [0.29, 0.717) is 0 Å². The quantitative estimate of drug-likeness (QED) is 0.171. The maximum atomic E-state index is 7.30. The summed E-state index contributed by atoms with van der Waals surface area (Å²) in [6.45, 7) is 13.5. The van der Waals surface area contributed by atoms with Gasteiger partial charge in [-0.1, -0.05) is 205 Å². The van der Waals surface area contributed by atoms with Crippen LogP contribution in [0.4, 0.5) is 17.1 Å². The first-order valence-electron chi connectivity index (χ1n) is 25.0. The van der Waals surface area contributed by atoms with Crippen molar-refractivity contribution in [2.75, 3.05) is 4.90 Å². The van der Waals surface area contributed by atoms with Gasteiger partial charge in [-0.2, -0.15) is 0 Å². The van der Waals surface area contributed by atoms with Crippen molar-refractivity contribution < 1.29 is 4.42 Å². The molecule has 14 rings (SSSR count). The number of nitrogens with zero attached hydrogens (tertiary/aromatic N) is 1. The number of para-hydroxylation sites is 1. The zero-order chi connectivity index (χ0) is 46.8. The first-order valence-corrected chi connectivity index (χ1v) is 25.0. The SMILES string of the molecule is CC.CC1(C)C=CC2=C1C1=C(C=CCC1)C21c2ccccc2-c2c1ccc1c2oc2c(-c3ccc(N(c4ccc(-c5ccccc5)cc4)c4ccc5c(c4)C(C)(C)c4ccccc4-5)cc3)cccc21. The topological polar surface area (TPSA) is 16.4 Å². The Morgan fingerprint density at radius 1 is 0.464 bits per heavy atom. The van der Waals surface area contributed by atoms with E-state index in [2.05, 4.69) is 233 Å². The Bertz CT molecular complexity index is 3720. The van der Waals surface area contributed by atoms with Crippen LogP contribution in [0.1, 0.15) is 76.6 Å². The van der Waals surface area contributed by atoms with Crippen molar-refractivity contribution in [2.45, 2.75) is 65.2 Å². The summed E-state index contributed by atoms with van der Waals surface area (Å²) in [7, 11) is 0. The Balaban J connectivity index is 0.00000232. The monoisotopic (exact) mass is 889 g/mol. The van der Waals surface area contributed by atoms with Crippen LogP contribution in [0.2, 0.25) is 0 Å². The van der Waals surface area contributed by atoms with Crippen LogP contribution in [0.25, 0.3) is 66.4 Å². The van der Waals surface area contributed by atoms with Gasteiger partial charge in [0.1, 0.15) is 11.2 Å². The van der Waals surface area contributed by atoms with Crippen molar-refractivity contribution in [2.24, 2.45) is 5.41 Å². The van der Waals surface area contributed by atoms with Gasteiger partial charge in [-0.15, -0.1) is 0 Å². The zero-order valence-electron chi connectivity index (χ0n) is 40.3. The summed E-state index contributed by atoms with van der Waals surface area (Å²) in [6, 6.07) is 65.2. The Morgan fingerprint density at radius 2 is 1.09 bits per heavy atom. The van der Waals surface area contributed by atoms with Crippen LogP contribution >= 0.6 is 0 Å². The highest BCUT2D eigenvalue weighted by Gasteiger charge is 2.56. The minimum atomic E-state index is -0.351. The van der Waals surface area contributed by atoms with E-state index in [1.807, 2.05) is 13.8 Å². The number of anilines is 3. The molecule has 1 unspecified atom stereocenters. The van der Waals surface area contributed by atoms with Crippen LogP contribution < -0.4 is 4.90 Å². The van der Waals surface area contributed by atoms with Gasteiger partial charge in [0.05, 0.1) is 5.41 Å². The fraction of sp³-hybridized carbons (Fsp3) is 0.164. The van der Waals surface area contributed by atoms with Gasteiger partial charge in [-0.3, -0.25) is 0 Å². The van der Waals surface area contributed by atoms with Crippen LogP contribution in [0.5, 0.6) is 0 Å². The Hall–Kier alpha value is -7.68. The van der Waals surface area contributed by atoms with E-state index in [1.165, 1.54) is 72.4 Å². The number of fused-ring (bicyclic) bond motifs is 15. The van der Waals surface area contributed by atoms with Crippen molar-refractivity contribution in [1.29, 1.82) is 0 Å². The molecular formula is C67H55NO. The average Bonchev–Trinajstić information content (AvgIpc) is 4.16. The summed E-state index contributed by atoms with van der Waals surface area (Å²) in [5.41, 5.74) is 26.0. The van der Waals surface area contributed by atoms with E-state index in [-0.39, 0.29) is 16.2 Å². The predicted octanol–water partition coefficient (Wildman–Crippen LogP) is 18.5. The molecule has 1 aromatic heterocycles.